The summed E-state index contributed by atoms with van der Waals surface area (Å²) in [7, 11) is 0. The van der Waals surface area contributed by atoms with Gasteiger partial charge in [-0.3, -0.25) is 0 Å². The zero-order chi connectivity index (χ0) is 17.6. The number of ether oxygens (including phenoxy) is 2. The van der Waals surface area contributed by atoms with Crippen LogP contribution in [0.4, 0.5) is 11.4 Å². The Labute approximate surface area is 156 Å². The minimum Gasteiger partial charge on any atom is -0.649 e. The molecule has 0 saturated carbocycles. The summed E-state index contributed by atoms with van der Waals surface area (Å²) in [5.41, 5.74) is 7.08. The predicted molar refractivity (Wildman–Crippen MR) is 89.4 cm³/mol. The smallest absolute Gasteiger partial charge is 0.649 e. The Bertz CT molecular complexity index is 594. The number of nitriles is 1. The van der Waals surface area contributed by atoms with Crippen LogP contribution in [0, 0.1) is 25.2 Å². The molecule has 0 fully saturated rings. The van der Waals surface area contributed by atoms with Gasteiger partial charge in [-0.05, 0) is 26.8 Å². The molecule has 1 atom stereocenters. The molecule has 0 saturated heterocycles. The summed E-state index contributed by atoms with van der Waals surface area (Å²) >= 11 is 0. The molecule has 0 radical (unpaired) electrons. The van der Waals surface area contributed by atoms with Crippen LogP contribution in [0.15, 0.2) is 12.1 Å². The van der Waals surface area contributed by atoms with E-state index in [1.807, 2.05) is 4.90 Å². The number of fused-ring (bicyclic) bond motifs is 1. The van der Waals surface area contributed by atoms with E-state index in [9.17, 15) is 4.79 Å². The molecule has 0 unspecified atom stereocenters. The van der Waals surface area contributed by atoms with Crippen molar-refractivity contribution < 1.29 is 33.1 Å². The van der Waals surface area contributed by atoms with Crippen LogP contribution in [-0.2, 0) is 9.53 Å². The molecule has 1 aliphatic heterocycles. The van der Waals surface area contributed by atoms with Gasteiger partial charge in [0.25, 0.3) is 0 Å². The Kier molecular flexibility index (Phi) is 8.75. The molecule has 1 aromatic rings. The normalized spacial score (nSPS) is 15.5. The van der Waals surface area contributed by atoms with Crippen molar-refractivity contribution in [2.24, 2.45) is 0 Å². The Morgan fingerprint density at radius 3 is 2.58 bits per heavy atom. The third-order valence-electron chi connectivity index (χ3n) is 3.02. The first kappa shape index (κ1) is 22.2. The van der Waals surface area contributed by atoms with E-state index >= 15 is 0 Å². The molecule has 0 bridgehead atoms. The van der Waals surface area contributed by atoms with E-state index in [1.54, 1.807) is 32.9 Å². The number of nitrogens with zero attached hydrogens (tertiary/aromatic N) is 2. The van der Waals surface area contributed by atoms with Gasteiger partial charge in [0, 0.05) is 6.07 Å². The number of benzene rings is 1. The number of hydrogen-bond acceptors (Lipinski definition) is 6. The molecule has 0 amide bonds. The topological polar surface area (TPSA) is 88.6 Å². The fourth-order valence-electron chi connectivity index (χ4n) is 1.92. The second-order valence-electron chi connectivity index (χ2n) is 5.97. The van der Waals surface area contributed by atoms with Gasteiger partial charge in [0.15, 0.2) is 0 Å². The molecule has 0 spiro atoms. The standard InChI is InChI=1S/C12H13N3O.C5H9O2.Li/c1-3-15-8(2)7-16-12-5-10(14)9(6-13)4-11(12)15;1-5(2,3)7-4-6;/h4-5,8H,1-3,7,14H2;1-3H3;/q-2;-1;+1/t8-;;/m1../s1. The second-order valence-corrected chi connectivity index (χ2v) is 5.97. The third-order valence-corrected chi connectivity index (χ3v) is 3.02. The number of rotatable bonds is 2. The van der Waals surface area contributed by atoms with Gasteiger partial charge in [0.05, 0.1) is 29.1 Å². The van der Waals surface area contributed by atoms with Gasteiger partial charge in [-0.2, -0.15) is 5.26 Å². The maximum absolute atomic E-state index is 9.47. The van der Waals surface area contributed by atoms with Crippen LogP contribution in [-0.4, -0.2) is 31.3 Å². The molecule has 1 aliphatic rings. The first-order valence-electron chi connectivity index (χ1n) is 7.14. The quantitative estimate of drug-likeness (QED) is 0.438. The van der Waals surface area contributed by atoms with Crippen molar-refractivity contribution in [2.45, 2.75) is 32.4 Å². The Morgan fingerprint density at radius 2 is 2.17 bits per heavy atom. The molecule has 6 nitrogen and oxygen atoms in total. The molecule has 2 rings (SSSR count). The summed E-state index contributed by atoms with van der Waals surface area (Å²) in [6.07, 6.45) is 0. The molecule has 24 heavy (non-hydrogen) atoms. The third kappa shape index (κ3) is 6.00. The number of carbonyl (C=O) groups excluding carboxylic acids is 1. The van der Waals surface area contributed by atoms with Crippen LogP contribution in [0.3, 0.4) is 0 Å². The first-order chi connectivity index (χ1) is 10.7. The van der Waals surface area contributed by atoms with E-state index < -0.39 is 0 Å². The van der Waals surface area contributed by atoms with Crippen molar-refractivity contribution in [1.82, 2.24) is 0 Å². The van der Waals surface area contributed by atoms with E-state index in [-0.39, 0.29) is 30.5 Å². The summed E-state index contributed by atoms with van der Waals surface area (Å²) in [5.74, 6) is 0.694. The Hall–Kier alpha value is -1.82. The van der Waals surface area contributed by atoms with E-state index in [0.29, 0.717) is 30.2 Å². The van der Waals surface area contributed by atoms with Gasteiger partial charge in [0.1, 0.15) is 11.8 Å². The molecule has 0 aromatic heterocycles. The second kappa shape index (κ2) is 9.47. The Morgan fingerprint density at radius 1 is 1.54 bits per heavy atom. The van der Waals surface area contributed by atoms with E-state index in [1.165, 1.54) is 6.47 Å². The molecule has 2 N–H and O–H groups in total. The molecular formula is C17H22LiN3O3-2. The number of anilines is 2. The van der Waals surface area contributed by atoms with Crippen molar-refractivity contribution in [3.63, 3.8) is 0 Å². The summed E-state index contributed by atoms with van der Waals surface area (Å²) in [5, 5.41) is 8.92. The summed E-state index contributed by atoms with van der Waals surface area (Å²) < 4.78 is 9.95. The maximum atomic E-state index is 9.47. The zero-order valence-corrected chi connectivity index (χ0v) is 14.8. The molecule has 1 aromatic carbocycles. The molecular weight excluding hydrogens is 301 g/mol. The summed E-state index contributed by atoms with van der Waals surface area (Å²) in [6.45, 7) is 15.6. The van der Waals surface area contributed by atoms with Crippen LogP contribution in [0.25, 0.3) is 0 Å². The van der Waals surface area contributed by atoms with Crippen LogP contribution in [0.5, 0.6) is 5.75 Å². The Balaban J connectivity index is 0.000000570. The van der Waals surface area contributed by atoms with Crippen molar-refractivity contribution in [2.75, 3.05) is 23.8 Å². The number of nitrogens with two attached hydrogens (primary N) is 1. The summed E-state index contributed by atoms with van der Waals surface area (Å²) in [4.78, 5) is 11.5. The van der Waals surface area contributed by atoms with Crippen LogP contribution < -0.4 is 34.2 Å². The van der Waals surface area contributed by atoms with Gasteiger partial charge >= 0.3 is 18.9 Å². The molecule has 126 valence electrons. The molecule has 0 aliphatic carbocycles. The predicted octanol–water partition coefficient (Wildman–Crippen LogP) is -0.751. The van der Waals surface area contributed by atoms with Crippen LogP contribution >= 0.6 is 0 Å². The van der Waals surface area contributed by atoms with Gasteiger partial charge in [-0.1, -0.05) is 12.5 Å². The van der Waals surface area contributed by atoms with Crippen molar-refractivity contribution in [3.8, 4) is 11.8 Å². The van der Waals surface area contributed by atoms with Crippen LogP contribution in [0.2, 0.25) is 0 Å². The van der Waals surface area contributed by atoms with E-state index in [4.69, 9.17) is 15.7 Å². The average molecular weight is 323 g/mol. The van der Waals surface area contributed by atoms with E-state index in [0.717, 1.165) is 5.69 Å². The minimum atomic E-state index is -0.373. The average Bonchev–Trinajstić information content (AvgIpc) is 2.46. The van der Waals surface area contributed by atoms with Crippen molar-refractivity contribution in [3.05, 3.63) is 31.5 Å². The van der Waals surface area contributed by atoms with E-state index in [2.05, 4.69) is 24.7 Å². The van der Waals surface area contributed by atoms with Gasteiger partial charge < -0.3 is 38.7 Å². The SMILES string of the molecule is CC(C)(C)O[C-]=O.[CH2-]CN1c2cc(C#N)c(N)cc2OC[C@H]1[CH2-].[Li+]. The van der Waals surface area contributed by atoms with Gasteiger partial charge in [-0.25, -0.2) is 0 Å². The van der Waals surface area contributed by atoms with Crippen molar-refractivity contribution >= 4 is 17.8 Å². The van der Waals surface area contributed by atoms with Crippen molar-refractivity contribution in [1.29, 1.82) is 5.26 Å². The zero-order valence-electron chi connectivity index (χ0n) is 14.8. The monoisotopic (exact) mass is 323 g/mol. The number of hydrogen-bond donors (Lipinski definition) is 1. The van der Waals surface area contributed by atoms with Crippen LogP contribution in [0.1, 0.15) is 26.3 Å². The van der Waals surface area contributed by atoms with Gasteiger partial charge in [0.2, 0.25) is 0 Å². The minimum absolute atomic E-state index is 0. The number of nitrogen functional groups attached to an aromatic ring is 1. The van der Waals surface area contributed by atoms with Gasteiger partial charge in [-0.15, -0.1) is 6.54 Å². The molecule has 1 heterocycles. The summed E-state index contributed by atoms with van der Waals surface area (Å²) in [6, 6.07) is 5.48. The molecule has 7 heteroatoms. The maximum Gasteiger partial charge on any atom is 1.00 e. The first-order valence-corrected chi connectivity index (χ1v) is 7.14. The fraction of sp³-hybridized carbons (Fsp3) is 0.412. The largest absolute Gasteiger partial charge is 1.00 e. The fourth-order valence-corrected chi connectivity index (χ4v) is 1.92.